The number of rotatable bonds is 6. The predicted molar refractivity (Wildman–Crippen MR) is 72.8 cm³/mol. The second-order valence-electron chi connectivity index (χ2n) is 4.52. The molecule has 0 aliphatic heterocycles. The average molecular weight is 220 g/mol. The molecule has 0 bridgehead atoms. The molecular weight excluding hydrogens is 196 g/mol. The Labute approximate surface area is 99.5 Å². The van der Waals surface area contributed by atoms with Gasteiger partial charge in [0.05, 0.1) is 11.4 Å². The van der Waals surface area contributed by atoms with Crippen molar-refractivity contribution in [1.82, 2.24) is 0 Å². The molecule has 16 heavy (non-hydrogen) atoms. The molecule has 1 atom stereocenters. The Morgan fingerprint density at radius 3 is 2.50 bits per heavy atom. The molecule has 1 aromatic carbocycles. The van der Waals surface area contributed by atoms with Gasteiger partial charge in [0, 0.05) is 13.1 Å². The molecule has 2 heteroatoms. The Bertz CT molecular complexity index is 309. The number of para-hydroxylation sites is 2. The van der Waals surface area contributed by atoms with Crippen LogP contribution in [0.5, 0.6) is 0 Å². The zero-order valence-electron chi connectivity index (χ0n) is 10.7. The molecule has 0 fully saturated rings. The fraction of sp³-hybridized carbons (Fsp3) is 0.571. The summed E-state index contributed by atoms with van der Waals surface area (Å²) in [6, 6.07) is 8.15. The lowest BCUT2D eigenvalue weighted by atomic mass is 10.1. The molecule has 1 aromatic rings. The minimum absolute atomic E-state index is 0.714. The highest BCUT2D eigenvalue weighted by Gasteiger charge is 2.11. The molecule has 0 amide bonds. The van der Waals surface area contributed by atoms with Crippen LogP contribution >= 0.6 is 0 Å². The average Bonchev–Trinajstić information content (AvgIpc) is 2.29. The maximum Gasteiger partial charge on any atom is 0.0600 e. The van der Waals surface area contributed by atoms with E-state index in [2.05, 4.69) is 37.8 Å². The Morgan fingerprint density at radius 1 is 1.25 bits per heavy atom. The normalized spacial score (nSPS) is 12.4. The summed E-state index contributed by atoms with van der Waals surface area (Å²) in [6.07, 6.45) is 2.37. The molecule has 0 heterocycles. The zero-order chi connectivity index (χ0) is 12.0. The van der Waals surface area contributed by atoms with E-state index in [0.29, 0.717) is 5.92 Å². The quantitative estimate of drug-likeness (QED) is 0.743. The molecular formula is C14H24N2. The van der Waals surface area contributed by atoms with Crippen molar-refractivity contribution < 1.29 is 0 Å². The van der Waals surface area contributed by atoms with Crippen LogP contribution in [-0.2, 0) is 0 Å². The first kappa shape index (κ1) is 12.9. The summed E-state index contributed by atoms with van der Waals surface area (Å²) in [7, 11) is 0. The molecule has 0 saturated carbocycles. The van der Waals surface area contributed by atoms with Gasteiger partial charge in [-0.25, -0.2) is 0 Å². The third-order valence-corrected chi connectivity index (χ3v) is 3.00. The van der Waals surface area contributed by atoms with E-state index in [1.54, 1.807) is 0 Å². The highest BCUT2D eigenvalue weighted by Crippen LogP contribution is 2.24. The van der Waals surface area contributed by atoms with Crippen LogP contribution in [0.2, 0.25) is 0 Å². The van der Waals surface area contributed by atoms with Crippen LogP contribution in [0, 0.1) is 5.92 Å². The molecule has 2 N–H and O–H groups in total. The standard InChI is InChI=1S/C14H24N2/c1-4-10-16(11-12(3)5-2)14-9-7-6-8-13(14)15/h6-9,12H,4-5,10-11,15H2,1-3H3. The van der Waals surface area contributed by atoms with E-state index >= 15 is 0 Å². The Kier molecular flexibility index (Phi) is 5.17. The van der Waals surface area contributed by atoms with Gasteiger partial charge in [-0.3, -0.25) is 0 Å². The number of hydrogen-bond acceptors (Lipinski definition) is 2. The van der Waals surface area contributed by atoms with Crippen molar-refractivity contribution in [1.29, 1.82) is 0 Å². The second-order valence-corrected chi connectivity index (χ2v) is 4.52. The van der Waals surface area contributed by atoms with Crippen molar-refractivity contribution in [3.8, 4) is 0 Å². The minimum atomic E-state index is 0.714. The molecule has 0 aromatic heterocycles. The number of hydrogen-bond donors (Lipinski definition) is 1. The fourth-order valence-electron chi connectivity index (χ4n) is 1.86. The van der Waals surface area contributed by atoms with Gasteiger partial charge in [0.25, 0.3) is 0 Å². The lowest BCUT2D eigenvalue weighted by Crippen LogP contribution is -2.29. The van der Waals surface area contributed by atoms with Gasteiger partial charge < -0.3 is 10.6 Å². The Hall–Kier alpha value is -1.18. The predicted octanol–water partition coefficient (Wildman–Crippen LogP) is 3.53. The van der Waals surface area contributed by atoms with E-state index in [1.165, 1.54) is 12.1 Å². The lowest BCUT2D eigenvalue weighted by Gasteiger charge is -2.28. The number of benzene rings is 1. The van der Waals surface area contributed by atoms with Crippen molar-refractivity contribution in [2.75, 3.05) is 23.7 Å². The molecule has 1 rings (SSSR count). The first-order valence-electron chi connectivity index (χ1n) is 6.28. The van der Waals surface area contributed by atoms with E-state index in [0.717, 1.165) is 25.2 Å². The third-order valence-electron chi connectivity index (χ3n) is 3.00. The summed E-state index contributed by atoms with van der Waals surface area (Å²) >= 11 is 0. The third kappa shape index (κ3) is 3.44. The topological polar surface area (TPSA) is 29.3 Å². The summed E-state index contributed by atoms with van der Waals surface area (Å²) in [5.74, 6) is 0.714. The van der Waals surface area contributed by atoms with Crippen LogP contribution in [0.1, 0.15) is 33.6 Å². The first-order chi connectivity index (χ1) is 7.69. The number of anilines is 2. The summed E-state index contributed by atoms with van der Waals surface area (Å²) in [6.45, 7) is 8.92. The smallest absolute Gasteiger partial charge is 0.0600 e. The fourth-order valence-corrected chi connectivity index (χ4v) is 1.86. The van der Waals surface area contributed by atoms with Gasteiger partial charge in [-0.15, -0.1) is 0 Å². The second kappa shape index (κ2) is 6.41. The van der Waals surface area contributed by atoms with Gasteiger partial charge in [-0.2, -0.15) is 0 Å². The van der Waals surface area contributed by atoms with Crippen LogP contribution < -0.4 is 10.6 Å². The van der Waals surface area contributed by atoms with Gasteiger partial charge in [0.1, 0.15) is 0 Å². The van der Waals surface area contributed by atoms with Crippen LogP contribution in [-0.4, -0.2) is 13.1 Å². The number of nitrogens with two attached hydrogens (primary N) is 1. The van der Waals surface area contributed by atoms with Crippen LogP contribution in [0.15, 0.2) is 24.3 Å². The molecule has 0 saturated heterocycles. The van der Waals surface area contributed by atoms with Crippen molar-refractivity contribution in [2.24, 2.45) is 5.92 Å². The van der Waals surface area contributed by atoms with E-state index in [-0.39, 0.29) is 0 Å². The lowest BCUT2D eigenvalue weighted by molar-refractivity contribution is 0.541. The van der Waals surface area contributed by atoms with Crippen molar-refractivity contribution >= 4 is 11.4 Å². The van der Waals surface area contributed by atoms with Gasteiger partial charge >= 0.3 is 0 Å². The molecule has 1 unspecified atom stereocenters. The molecule has 0 aliphatic rings. The molecule has 2 nitrogen and oxygen atoms in total. The summed E-state index contributed by atoms with van der Waals surface area (Å²) in [5.41, 5.74) is 8.10. The van der Waals surface area contributed by atoms with Crippen LogP contribution in [0.4, 0.5) is 11.4 Å². The maximum absolute atomic E-state index is 6.03. The monoisotopic (exact) mass is 220 g/mol. The highest BCUT2D eigenvalue weighted by atomic mass is 15.1. The molecule has 0 spiro atoms. The van der Waals surface area contributed by atoms with Crippen LogP contribution in [0.3, 0.4) is 0 Å². The van der Waals surface area contributed by atoms with Crippen molar-refractivity contribution in [3.63, 3.8) is 0 Å². The summed E-state index contributed by atoms with van der Waals surface area (Å²) in [5, 5.41) is 0. The highest BCUT2D eigenvalue weighted by molar-refractivity contribution is 5.67. The minimum Gasteiger partial charge on any atom is -0.397 e. The van der Waals surface area contributed by atoms with Gasteiger partial charge in [0.2, 0.25) is 0 Å². The zero-order valence-corrected chi connectivity index (χ0v) is 10.7. The van der Waals surface area contributed by atoms with E-state index in [9.17, 15) is 0 Å². The van der Waals surface area contributed by atoms with Gasteiger partial charge in [-0.05, 0) is 24.5 Å². The van der Waals surface area contributed by atoms with E-state index < -0.39 is 0 Å². The number of nitrogen functional groups attached to an aromatic ring is 1. The summed E-state index contributed by atoms with van der Waals surface area (Å²) < 4.78 is 0. The Morgan fingerprint density at radius 2 is 1.94 bits per heavy atom. The van der Waals surface area contributed by atoms with Crippen LogP contribution in [0.25, 0.3) is 0 Å². The SMILES string of the molecule is CCCN(CC(C)CC)c1ccccc1N. The molecule has 0 aliphatic carbocycles. The maximum atomic E-state index is 6.03. The van der Waals surface area contributed by atoms with Crippen molar-refractivity contribution in [3.05, 3.63) is 24.3 Å². The van der Waals surface area contributed by atoms with Crippen molar-refractivity contribution in [2.45, 2.75) is 33.6 Å². The van der Waals surface area contributed by atoms with Gasteiger partial charge in [0.15, 0.2) is 0 Å². The molecule has 90 valence electrons. The first-order valence-corrected chi connectivity index (χ1v) is 6.28. The largest absolute Gasteiger partial charge is 0.397 e. The molecule has 0 radical (unpaired) electrons. The van der Waals surface area contributed by atoms with E-state index in [4.69, 9.17) is 5.73 Å². The number of nitrogens with zero attached hydrogens (tertiary/aromatic N) is 1. The van der Waals surface area contributed by atoms with E-state index in [1.807, 2.05) is 12.1 Å². The Balaban J connectivity index is 2.80. The summed E-state index contributed by atoms with van der Waals surface area (Å²) in [4.78, 5) is 2.41. The van der Waals surface area contributed by atoms with Gasteiger partial charge in [-0.1, -0.05) is 39.3 Å².